The number of nitrogens with two attached hydrogens (primary N) is 1. The van der Waals surface area contributed by atoms with Gasteiger partial charge in [-0.2, -0.15) is 0 Å². The Morgan fingerprint density at radius 1 is 1.50 bits per heavy atom. The van der Waals surface area contributed by atoms with Crippen molar-refractivity contribution in [3.63, 3.8) is 0 Å². The molecule has 5 nitrogen and oxygen atoms in total. The first-order chi connectivity index (χ1) is 8.63. The van der Waals surface area contributed by atoms with E-state index in [1.165, 1.54) is 19.3 Å². The average Bonchev–Trinajstić information content (AvgIpc) is 2.27. The first-order valence-corrected chi connectivity index (χ1v) is 6.41. The molecule has 0 radical (unpaired) electrons. The molecule has 2 N–H and O–H groups in total. The predicted octanol–water partition coefficient (Wildman–Crippen LogP) is 2.80. The second kappa shape index (κ2) is 5.25. The van der Waals surface area contributed by atoms with Crippen molar-refractivity contribution < 1.29 is 4.92 Å². The quantitative estimate of drug-likeness (QED) is 0.494. The summed E-state index contributed by atoms with van der Waals surface area (Å²) in [6.45, 7) is 3.67. The number of hydrogen-bond donors (Lipinski definition) is 1. The SMILES string of the molecule is CCN(CC1CCC1)c1cccc(N)c1[N+](=O)[O-]. The topological polar surface area (TPSA) is 72.4 Å². The molecular formula is C13H19N3O2. The average molecular weight is 249 g/mol. The minimum Gasteiger partial charge on any atom is -0.393 e. The van der Waals surface area contributed by atoms with Gasteiger partial charge in [-0.25, -0.2) is 0 Å². The number of nitro benzene ring substituents is 1. The van der Waals surface area contributed by atoms with Crippen LogP contribution in [0.1, 0.15) is 26.2 Å². The molecule has 1 aliphatic carbocycles. The molecule has 0 unspecified atom stereocenters. The van der Waals surface area contributed by atoms with Crippen molar-refractivity contribution in [2.24, 2.45) is 5.92 Å². The van der Waals surface area contributed by atoms with Crippen LogP contribution < -0.4 is 10.6 Å². The van der Waals surface area contributed by atoms with Crippen molar-refractivity contribution in [3.8, 4) is 0 Å². The van der Waals surface area contributed by atoms with Crippen LogP contribution in [0.5, 0.6) is 0 Å². The van der Waals surface area contributed by atoms with Gasteiger partial charge >= 0.3 is 5.69 Å². The molecule has 2 rings (SSSR count). The lowest BCUT2D eigenvalue weighted by Gasteiger charge is -2.32. The molecule has 0 bridgehead atoms. The van der Waals surface area contributed by atoms with Crippen LogP contribution in [0.4, 0.5) is 17.1 Å². The number of nitrogens with zero attached hydrogens (tertiary/aromatic N) is 2. The molecule has 0 aliphatic heterocycles. The van der Waals surface area contributed by atoms with Gasteiger partial charge in [-0.15, -0.1) is 0 Å². The maximum atomic E-state index is 11.1. The Labute approximate surface area is 107 Å². The summed E-state index contributed by atoms with van der Waals surface area (Å²) in [5, 5.41) is 11.1. The van der Waals surface area contributed by atoms with E-state index in [1.807, 2.05) is 6.92 Å². The fourth-order valence-electron chi connectivity index (χ4n) is 2.39. The Kier molecular flexibility index (Phi) is 3.69. The zero-order valence-corrected chi connectivity index (χ0v) is 10.6. The van der Waals surface area contributed by atoms with Crippen molar-refractivity contribution in [3.05, 3.63) is 28.3 Å². The third kappa shape index (κ3) is 2.39. The normalized spacial score (nSPS) is 15.2. The molecule has 0 saturated heterocycles. The Hall–Kier alpha value is -1.78. The van der Waals surface area contributed by atoms with Gasteiger partial charge in [0.2, 0.25) is 0 Å². The fraction of sp³-hybridized carbons (Fsp3) is 0.538. The van der Waals surface area contributed by atoms with Gasteiger partial charge in [0, 0.05) is 13.1 Å². The highest BCUT2D eigenvalue weighted by Gasteiger charge is 2.25. The van der Waals surface area contributed by atoms with Gasteiger partial charge in [-0.05, 0) is 37.8 Å². The van der Waals surface area contributed by atoms with Crippen LogP contribution in [0.2, 0.25) is 0 Å². The molecule has 1 fully saturated rings. The first kappa shape index (κ1) is 12.7. The number of rotatable bonds is 5. The number of anilines is 2. The zero-order valence-electron chi connectivity index (χ0n) is 10.6. The molecule has 1 saturated carbocycles. The summed E-state index contributed by atoms with van der Waals surface area (Å²) in [6.07, 6.45) is 3.74. The van der Waals surface area contributed by atoms with E-state index in [1.54, 1.807) is 18.2 Å². The molecule has 0 aromatic heterocycles. The van der Waals surface area contributed by atoms with Crippen LogP contribution in [-0.2, 0) is 0 Å². The number of nitro groups is 1. The summed E-state index contributed by atoms with van der Waals surface area (Å²) in [4.78, 5) is 12.8. The summed E-state index contributed by atoms with van der Waals surface area (Å²) in [6, 6.07) is 5.15. The predicted molar refractivity (Wildman–Crippen MR) is 72.7 cm³/mol. The van der Waals surface area contributed by atoms with E-state index in [-0.39, 0.29) is 16.3 Å². The van der Waals surface area contributed by atoms with Crippen molar-refractivity contribution >= 4 is 17.1 Å². The lowest BCUT2D eigenvalue weighted by Crippen LogP contribution is -2.32. The van der Waals surface area contributed by atoms with Crippen LogP contribution >= 0.6 is 0 Å². The van der Waals surface area contributed by atoms with Gasteiger partial charge in [0.1, 0.15) is 11.4 Å². The van der Waals surface area contributed by atoms with Crippen molar-refractivity contribution in [2.45, 2.75) is 26.2 Å². The van der Waals surface area contributed by atoms with Crippen LogP contribution in [0.3, 0.4) is 0 Å². The molecule has 1 aromatic rings. The summed E-state index contributed by atoms with van der Waals surface area (Å²) >= 11 is 0. The second-order valence-electron chi connectivity index (χ2n) is 4.81. The van der Waals surface area contributed by atoms with Gasteiger partial charge in [0.05, 0.1) is 4.92 Å². The third-order valence-electron chi connectivity index (χ3n) is 3.65. The summed E-state index contributed by atoms with van der Waals surface area (Å²) < 4.78 is 0. The van der Waals surface area contributed by atoms with E-state index < -0.39 is 0 Å². The van der Waals surface area contributed by atoms with Gasteiger partial charge in [-0.3, -0.25) is 10.1 Å². The Balaban J connectivity index is 2.28. The molecule has 1 aliphatic rings. The standard InChI is InChI=1S/C13H19N3O2/c1-2-15(9-10-5-3-6-10)12-8-4-7-11(14)13(12)16(17)18/h4,7-8,10H,2-3,5-6,9,14H2,1H3. The number of nitrogen functional groups attached to an aromatic ring is 1. The van der Waals surface area contributed by atoms with Gasteiger partial charge in [0.25, 0.3) is 0 Å². The van der Waals surface area contributed by atoms with Gasteiger partial charge in [-0.1, -0.05) is 12.5 Å². The highest BCUT2D eigenvalue weighted by molar-refractivity contribution is 5.75. The van der Waals surface area contributed by atoms with Crippen LogP contribution in [-0.4, -0.2) is 18.0 Å². The highest BCUT2D eigenvalue weighted by atomic mass is 16.6. The maximum absolute atomic E-state index is 11.1. The Morgan fingerprint density at radius 3 is 2.72 bits per heavy atom. The largest absolute Gasteiger partial charge is 0.393 e. The molecule has 5 heteroatoms. The van der Waals surface area contributed by atoms with Crippen molar-refractivity contribution in [1.82, 2.24) is 0 Å². The molecule has 0 atom stereocenters. The van der Waals surface area contributed by atoms with E-state index in [4.69, 9.17) is 5.73 Å². The van der Waals surface area contributed by atoms with E-state index in [0.29, 0.717) is 11.6 Å². The van der Waals surface area contributed by atoms with Crippen LogP contribution in [0.15, 0.2) is 18.2 Å². The molecule has 1 aromatic carbocycles. The summed E-state index contributed by atoms with van der Waals surface area (Å²) in [5.41, 5.74) is 6.65. The monoisotopic (exact) mass is 249 g/mol. The first-order valence-electron chi connectivity index (χ1n) is 6.41. The lowest BCUT2D eigenvalue weighted by atomic mass is 9.85. The van der Waals surface area contributed by atoms with Crippen molar-refractivity contribution in [2.75, 3.05) is 23.7 Å². The molecular weight excluding hydrogens is 230 g/mol. The third-order valence-corrected chi connectivity index (χ3v) is 3.65. The van der Waals surface area contributed by atoms with Gasteiger partial charge in [0.15, 0.2) is 0 Å². The van der Waals surface area contributed by atoms with Crippen LogP contribution in [0.25, 0.3) is 0 Å². The van der Waals surface area contributed by atoms with E-state index >= 15 is 0 Å². The van der Waals surface area contributed by atoms with Crippen molar-refractivity contribution in [1.29, 1.82) is 0 Å². The van der Waals surface area contributed by atoms with E-state index in [2.05, 4.69) is 4.90 Å². The summed E-state index contributed by atoms with van der Waals surface area (Å²) in [7, 11) is 0. The highest BCUT2D eigenvalue weighted by Crippen LogP contribution is 2.36. The molecule has 0 spiro atoms. The Bertz CT molecular complexity index is 444. The smallest absolute Gasteiger partial charge is 0.315 e. The Morgan fingerprint density at radius 2 is 2.22 bits per heavy atom. The van der Waals surface area contributed by atoms with E-state index in [9.17, 15) is 10.1 Å². The number of benzene rings is 1. The minimum atomic E-state index is -0.381. The minimum absolute atomic E-state index is 0.0404. The second-order valence-corrected chi connectivity index (χ2v) is 4.81. The van der Waals surface area contributed by atoms with Crippen LogP contribution in [0, 0.1) is 16.0 Å². The molecule has 18 heavy (non-hydrogen) atoms. The fourth-order valence-corrected chi connectivity index (χ4v) is 2.39. The number of hydrogen-bond acceptors (Lipinski definition) is 4. The zero-order chi connectivity index (χ0) is 13.1. The molecule has 0 heterocycles. The molecule has 0 amide bonds. The summed E-state index contributed by atoms with van der Waals surface area (Å²) in [5.74, 6) is 0.672. The maximum Gasteiger partial charge on any atom is 0.315 e. The molecule has 98 valence electrons. The van der Waals surface area contributed by atoms with E-state index in [0.717, 1.165) is 13.1 Å². The van der Waals surface area contributed by atoms with Gasteiger partial charge < -0.3 is 10.6 Å². The number of para-hydroxylation sites is 1. The lowest BCUT2D eigenvalue weighted by molar-refractivity contribution is -0.383.